The highest BCUT2D eigenvalue weighted by Gasteiger charge is 2.09. The summed E-state index contributed by atoms with van der Waals surface area (Å²) in [7, 11) is 0. The number of rotatable bonds is 6. The summed E-state index contributed by atoms with van der Waals surface area (Å²) >= 11 is 5.58. The van der Waals surface area contributed by atoms with E-state index < -0.39 is 0 Å². The highest BCUT2D eigenvalue weighted by Crippen LogP contribution is 2.12. The summed E-state index contributed by atoms with van der Waals surface area (Å²) < 4.78 is 5.00. The van der Waals surface area contributed by atoms with E-state index in [1.165, 1.54) is 0 Å². The van der Waals surface area contributed by atoms with Crippen LogP contribution in [0.4, 0.5) is 0 Å². The van der Waals surface area contributed by atoms with Crippen molar-refractivity contribution >= 4 is 17.5 Å². The van der Waals surface area contributed by atoms with E-state index in [4.69, 9.17) is 16.0 Å². The summed E-state index contributed by atoms with van der Waals surface area (Å²) in [5, 5.41) is 3.01. The van der Waals surface area contributed by atoms with Crippen molar-refractivity contribution < 1.29 is 9.21 Å². The third kappa shape index (κ3) is 3.87. The molecule has 0 saturated heterocycles. The normalized spacial score (nSPS) is 10.8. The number of nitrogens with zero attached hydrogens (tertiary/aromatic N) is 1. The summed E-state index contributed by atoms with van der Waals surface area (Å²) in [6.07, 6.45) is 0. The summed E-state index contributed by atoms with van der Waals surface area (Å²) in [6.45, 7) is 7.61. The van der Waals surface area contributed by atoms with Gasteiger partial charge in [-0.25, -0.2) is 0 Å². The van der Waals surface area contributed by atoms with Crippen LogP contribution >= 0.6 is 11.6 Å². The predicted molar refractivity (Wildman–Crippen MR) is 63.8 cm³/mol. The first kappa shape index (κ1) is 13.1. The van der Waals surface area contributed by atoms with Crippen molar-refractivity contribution in [3.8, 4) is 0 Å². The van der Waals surface area contributed by atoms with Crippen molar-refractivity contribution in [3.63, 3.8) is 0 Å². The highest BCUT2D eigenvalue weighted by atomic mass is 35.5. The Kier molecular flexibility index (Phi) is 5.35. The number of nitrogens with one attached hydrogen (secondary N) is 1. The first-order chi connectivity index (χ1) is 7.67. The molecule has 1 rings (SSSR count). The predicted octanol–water partition coefficient (Wildman–Crippen LogP) is 2.00. The highest BCUT2D eigenvalue weighted by molar-refractivity contribution is 6.29. The first-order valence-electron chi connectivity index (χ1n) is 5.43. The van der Waals surface area contributed by atoms with Gasteiger partial charge in [-0.1, -0.05) is 13.8 Å². The monoisotopic (exact) mass is 244 g/mol. The molecule has 1 N–H and O–H groups in total. The Morgan fingerprint density at radius 3 is 2.62 bits per heavy atom. The zero-order chi connectivity index (χ0) is 12.0. The second-order valence-corrected chi connectivity index (χ2v) is 3.76. The molecule has 1 amide bonds. The molecule has 90 valence electrons. The van der Waals surface area contributed by atoms with E-state index in [2.05, 4.69) is 24.1 Å². The third-order valence-corrected chi connectivity index (χ3v) is 2.61. The molecule has 0 saturated carbocycles. The molecule has 16 heavy (non-hydrogen) atoms. The molecule has 4 nitrogen and oxygen atoms in total. The fourth-order valence-corrected chi connectivity index (χ4v) is 1.54. The summed E-state index contributed by atoms with van der Waals surface area (Å²) in [5.41, 5.74) is 0. The SMILES string of the molecule is CCN(CC)CCNC(=O)c1ccc(Cl)o1. The van der Waals surface area contributed by atoms with Gasteiger partial charge in [-0.3, -0.25) is 4.79 Å². The van der Waals surface area contributed by atoms with Gasteiger partial charge in [-0.15, -0.1) is 0 Å². The molecule has 0 atom stereocenters. The number of furan rings is 1. The minimum atomic E-state index is -0.223. The lowest BCUT2D eigenvalue weighted by atomic mass is 10.4. The van der Waals surface area contributed by atoms with E-state index in [0.717, 1.165) is 19.6 Å². The van der Waals surface area contributed by atoms with Crippen LogP contribution in [0.1, 0.15) is 24.4 Å². The Morgan fingerprint density at radius 1 is 1.44 bits per heavy atom. The molecule has 0 aliphatic heterocycles. The number of likely N-dealkylation sites (N-methyl/N-ethyl adjacent to an activating group) is 1. The molecule has 1 aromatic rings. The Bertz CT molecular complexity index is 334. The Hall–Kier alpha value is -1.00. The second kappa shape index (κ2) is 6.55. The quantitative estimate of drug-likeness (QED) is 0.833. The molecule has 0 radical (unpaired) electrons. The molecule has 1 heterocycles. The van der Waals surface area contributed by atoms with Crippen LogP contribution < -0.4 is 5.32 Å². The minimum absolute atomic E-state index is 0.223. The number of hydrogen-bond acceptors (Lipinski definition) is 3. The van der Waals surface area contributed by atoms with Gasteiger partial charge in [0, 0.05) is 13.1 Å². The maximum absolute atomic E-state index is 11.5. The van der Waals surface area contributed by atoms with E-state index in [-0.39, 0.29) is 16.9 Å². The zero-order valence-corrected chi connectivity index (χ0v) is 10.4. The van der Waals surface area contributed by atoms with Crippen LogP contribution in [0.25, 0.3) is 0 Å². The Balaban J connectivity index is 2.30. The van der Waals surface area contributed by atoms with Gasteiger partial charge in [-0.2, -0.15) is 0 Å². The van der Waals surface area contributed by atoms with Crippen LogP contribution in [0.2, 0.25) is 5.22 Å². The average Bonchev–Trinajstić information content (AvgIpc) is 2.71. The third-order valence-electron chi connectivity index (χ3n) is 2.41. The van der Waals surface area contributed by atoms with Gasteiger partial charge in [0.15, 0.2) is 11.0 Å². The second-order valence-electron chi connectivity index (χ2n) is 3.39. The largest absolute Gasteiger partial charge is 0.440 e. The number of hydrogen-bond donors (Lipinski definition) is 1. The first-order valence-corrected chi connectivity index (χ1v) is 5.81. The minimum Gasteiger partial charge on any atom is -0.440 e. The molecule has 0 spiro atoms. The van der Waals surface area contributed by atoms with Gasteiger partial charge in [0.05, 0.1) is 0 Å². The fraction of sp³-hybridized carbons (Fsp3) is 0.545. The van der Waals surface area contributed by atoms with Crippen LogP contribution in [0.3, 0.4) is 0 Å². The van der Waals surface area contributed by atoms with Crippen LogP contribution in [0.5, 0.6) is 0 Å². The van der Waals surface area contributed by atoms with E-state index in [1.807, 2.05) is 0 Å². The van der Waals surface area contributed by atoms with Gasteiger partial charge >= 0.3 is 0 Å². The molecular weight excluding hydrogens is 228 g/mol. The standard InChI is InChI=1S/C11H17ClN2O2/c1-3-14(4-2)8-7-13-11(15)9-5-6-10(12)16-9/h5-6H,3-4,7-8H2,1-2H3,(H,13,15). The van der Waals surface area contributed by atoms with Gasteiger partial charge in [0.2, 0.25) is 0 Å². The number of carbonyl (C=O) groups excluding carboxylic acids is 1. The summed E-state index contributed by atoms with van der Waals surface area (Å²) in [6, 6.07) is 3.12. The molecule has 0 bridgehead atoms. The molecule has 0 aliphatic rings. The lowest BCUT2D eigenvalue weighted by molar-refractivity contribution is 0.0921. The molecule has 0 aromatic carbocycles. The van der Waals surface area contributed by atoms with Crippen molar-refractivity contribution in [3.05, 3.63) is 23.1 Å². The Morgan fingerprint density at radius 2 is 2.12 bits per heavy atom. The maximum atomic E-state index is 11.5. The lowest BCUT2D eigenvalue weighted by Crippen LogP contribution is -2.34. The van der Waals surface area contributed by atoms with Crippen molar-refractivity contribution in [1.29, 1.82) is 0 Å². The van der Waals surface area contributed by atoms with Crippen molar-refractivity contribution in [2.45, 2.75) is 13.8 Å². The molecule has 0 aliphatic carbocycles. The molecule has 0 fully saturated rings. The maximum Gasteiger partial charge on any atom is 0.287 e. The van der Waals surface area contributed by atoms with E-state index in [0.29, 0.717) is 6.54 Å². The number of amides is 1. The Labute approximate surface area is 101 Å². The van der Waals surface area contributed by atoms with Crippen molar-refractivity contribution in [2.24, 2.45) is 0 Å². The van der Waals surface area contributed by atoms with Gasteiger partial charge in [0.1, 0.15) is 0 Å². The lowest BCUT2D eigenvalue weighted by Gasteiger charge is -2.17. The van der Waals surface area contributed by atoms with Gasteiger partial charge in [-0.05, 0) is 36.8 Å². The summed E-state index contributed by atoms with van der Waals surface area (Å²) in [5.74, 6) is 0.0311. The van der Waals surface area contributed by atoms with E-state index in [1.54, 1.807) is 12.1 Å². The summed E-state index contributed by atoms with van der Waals surface area (Å²) in [4.78, 5) is 13.8. The zero-order valence-electron chi connectivity index (χ0n) is 9.62. The van der Waals surface area contributed by atoms with Gasteiger partial charge < -0.3 is 14.6 Å². The smallest absolute Gasteiger partial charge is 0.287 e. The van der Waals surface area contributed by atoms with E-state index in [9.17, 15) is 4.79 Å². The van der Waals surface area contributed by atoms with Crippen LogP contribution in [0.15, 0.2) is 16.5 Å². The van der Waals surface area contributed by atoms with Crippen LogP contribution in [-0.4, -0.2) is 37.0 Å². The number of carbonyl (C=O) groups is 1. The fourth-order valence-electron chi connectivity index (χ4n) is 1.39. The van der Waals surface area contributed by atoms with Crippen molar-refractivity contribution in [2.75, 3.05) is 26.2 Å². The van der Waals surface area contributed by atoms with Gasteiger partial charge in [0.25, 0.3) is 5.91 Å². The molecule has 5 heteroatoms. The van der Waals surface area contributed by atoms with Crippen molar-refractivity contribution in [1.82, 2.24) is 10.2 Å². The van der Waals surface area contributed by atoms with Crippen LogP contribution in [-0.2, 0) is 0 Å². The van der Waals surface area contributed by atoms with E-state index >= 15 is 0 Å². The average molecular weight is 245 g/mol. The van der Waals surface area contributed by atoms with Crippen LogP contribution in [0, 0.1) is 0 Å². The molecule has 1 aromatic heterocycles. The molecule has 0 unspecified atom stereocenters. The number of halogens is 1. The molecular formula is C11H17ClN2O2. The topological polar surface area (TPSA) is 45.5 Å².